The van der Waals surface area contributed by atoms with Crippen LogP contribution in [0, 0.1) is 11.0 Å². The van der Waals surface area contributed by atoms with Gasteiger partial charge in [0, 0.05) is 40.2 Å². The third-order valence-electron chi connectivity index (χ3n) is 7.15. The molecule has 0 radical (unpaired) electrons. The summed E-state index contributed by atoms with van der Waals surface area (Å²) < 4.78 is 13.7. The number of pyridine rings is 3. The summed E-state index contributed by atoms with van der Waals surface area (Å²) in [6.07, 6.45) is 11.0. The fraction of sp³-hybridized carbons (Fsp3) is 0.214. The number of aromatic amines is 2. The quantitative estimate of drug-likeness (QED) is 0.224. The molecular weight excluding hydrogens is 529 g/mol. The van der Waals surface area contributed by atoms with E-state index in [4.69, 9.17) is 4.98 Å². The molecule has 0 saturated carbocycles. The lowest BCUT2D eigenvalue weighted by molar-refractivity contribution is -0.117. The van der Waals surface area contributed by atoms with Crippen LogP contribution in [0.25, 0.3) is 55.2 Å². The van der Waals surface area contributed by atoms with Crippen LogP contribution in [-0.4, -0.2) is 54.1 Å². The smallest absolute Gasteiger partial charge is 0.224 e. The molecule has 40 heavy (non-hydrogen) atoms. The van der Waals surface area contributed by atoms with E-state index >= 15 is 0 Å². The van der Waals surface area contributed by atoms with Crippen molar-refractivity contribution < 1.29 is 9.18 Å². The number of carbonyl (C=O) groups excluding carboxylic acids is 1. The first kappa shape index (κ1) is 24.5. The van der Waals surface area contributed by atoms with Crippen LogP contribution in [0.15, 0.2) is 55.2 Å². The number of halogens is 1. The number of rotatable bonds is 6. The number of thiophene rings is 1. The van der Waals surface area contributed by atoms with E-state index in [1.54, 1.807) is 37.1 Å². The van der Waals surface area contributed by atoms with E-state index in [1.165, 1.54) is 6.07 Å². The van der Waals surface area contributed by atoms with Crippen LogP contribution in [-0.2, 0) is 4.79 Å². The van der Waals surface area contributed by atoms with Crippen LogP contribution in [0.5, 0.6) is 0 Å². The van der Waals surface area contributed by atoms with Gasteiger partial charge in [0.05, 0.1) is 41.0 Å². The molecule has 12 heteroatoms. The Morgan fingerprint density at radius 3 is 2.77 bits per heavy atom. The second-order valence-corrected chi connectivity index (χ2v) is 10.9. The Morgan fingerprint density at radius 2 is 1.93 bits per heavy atom. The molecule has 0 aliphatic carbocycles. The first-order chi connectivity index (χ1) is 19.6. The Morgan fingerprint density at radius 1 is 1.05 bits per heavy atom. The summed E-state index contributed by atoms with van der Waals surface area (Å²) in [5, 5.41) is 14.4. The highest BCUT2D eigenvalue weighted by Crippen LogP contribution is 2.34. The van der Waals surface area contributed by atoms with E-state index in [0.29, 0.717) is 40.8 Å². The van der Waals surface area contributed by atoms with Gasteiger partial charge in [0.2, 0.25) is 5.91 Å². The molecule has 6 aromatic heterocycles. The van der Waals surface area contributed by atoms with Crippen LogP contribution >= 0.6 is 11.3 Å². The van der Waals surface area contributed by atoms with Crippen molar-refractivity contribution in [1.82, 2.24) is 40.4 Å². The highest BCUT2D eigenvalue weighted by molar-refractivity contribution is 7.14. The van der Waals surface area contributed by atoms with Crippen molar-refractivity contribution in [2.24, 2.45) is 5.92 Å². The zero-order valence-corrected chi connectivity index (χ0v) is 22.1. The second kappa shape index (κ2) is 10.2. The van der Waals surface area contributed by atoms with Gasteiger partial charge in [0.25, 0.3) is 0 Å². The second-order valence-electron chi connectivity index (χ2n) is 9.87. The molecule has 10 nitrogen and oxygen atoms in total. The number of H-pyrrole nitrogens is 2. The van der Waals surface area contributed by atoms with Gasteiger partial charge < -0.3 is 15.6 Å². The molecule has 1 aliphatic rings. The van der Waals surface area contributed by atoms with Gasteiger partial charge in [-0.25, -0.2) is 4.98 Å². The topological polar surface area (TPSA) is 137 Å². The summed E-state index contributed by atoms with van der Waals surface area (Å²) in [6.45, 7) is 1.92. The van der Waals surface area contributed by atoms with Gasteiger partial charge in [0.15, 0.2) is 11.0 Å². The molecule has 0 atom stereocenters. The average Bonchev–Trinajstić information content (AvgIpc) is 3.71. The molecule has 200 valence electrons. The Bertz CT molecular complexity index is 1850. The molecule has 1 fully saturated rings. The van der Waals surface area contributed by atoms with Gasteiger partial charge >= 0.3 is 0 Å². The maximum absolute atomic E-state index is 13.7. The van der Waals surface area contributed by atoms with Gasteiger partial charge in [0.1, 0.15) is 11.2 Å². The van der Waals surface area contributed by atoms with Crippen molar-refractivity contribution in [1.29, 1.82) is 0 Å². The number of nitrogens with one attached hydrogen (secondary N) is 4. The van der Waals surface area contributed by atoms with Gasteiger partial charge in [-0.2, -0.15) is 9.49 Å². The third kappa shape index (κ3) is 4.71. The Labute approximate surface area is 231 Å². The largest absolute Gasteiger partial charge is 0.335 e. The van der Waals surface area contributed by atoms with E-state index in [-0.39, 0.29) is 11.0 Å². The van der Waals surface area contributed by atoms with Crippen molar-refractivity contribution >= 4 is 44.9 Å². The maximum Gasteiger partial charge on any atom is 0.224 e. The van der Waals surface area contributed by atoms with E-state index in [1.807, 2.05) is 12.1 Å². The van der Waals surface area contributed by atoms with Gasteiger partial charge in [-0.1, -0.05) is 0 Å². The fourth-order valence-corrected chi connectivity index (χ4v) is 5.89. The minimum Gasteiger partial charge on any atom is -0.335 e. The number of hydrogen-bond donors (Lipinski definition) is 4. The predicted molar refractivity (Wildman–Crippen MR) is 152 cm³/mol. The molecule has 0 bridgehead atoms. The van der Waals surface area contributed by atoms with Gasteiger partial charge in [-0.05, 0) is 56.1 Å². The maximum atomic E-state index is 13.7. The van der Waals surface area contributed by atoms with Crippen molar-refractivity contribution in [2.75, 3.05) is 18.4 Å². The number of imidazole rings is 1. The molecular formula is C28H24FN9OS. The van der Waals surface area contributed by atoms with Crippen molar-refractivity contribution in [3.8, 4) is 33.2 Å². The van der Waals surface area contributed by atoms with E-state index < -0.39 is 0 Å². The number of carbonyl (C=O) groups is 1. The molecule has 1 saturated heterocycles. The summed E-state index contributed by atoms with van der Waals surface area (Å²) in [5.41, 5.74) is 5.62. The normalized spacial score (nSPS) is 14.2. The number of amides is 1. The average molecular weight is 554 g/mol. The molecule has 6 aromatic rings. The summed E-state index contributed by atoms with van der Waals surface area (Å²) in [6, 6.07) is 6.96. The van der Waals surface area contributed by atoms with Crippen molar-refractivity contribution in [2.45, 2.75) is 19.3 Å². The highest BCUT2D eigenvalue weighted by Gasteiger charge is 2.19. The standard InChI is InChI=1S/C28H24FN9OS/c29-24-2-1-23(40-24)19-12-32-13-22-26(19)36-28(35-22)27-18-9-20(33-14-21(18)37-38-27)16-8-17(11-31-10-16)34-25(39)7-15-3-5-30-6-4-15/h1-2,8-15,30H,3-7H2,(H,34,39)(H,35,36)(H,37,38). The number of hydrogen-bond acceptors (Lipinski definition) is 8. The van der Waals surface area contributed by atoms with Crippen molar-refractivity contribution in [3.63, 3.8) is 0 Å². The minimum atomic E-state index is -0.263. The summed E-state index contributed by atoms with van der Waals surface area (Å²) >= 11 is 1.05. The number of piperidine rings is 1. The Kier molecular flexibility index (Phi) is 6.25. The van der Waals surface area contributed by atoms with Crippen molar-refractivity contribution in [3.05, 3.63) is 60.4 Å². The van der Waals surface area contributed by atoms with E-state index in [2.05, 4.69) is 40.8 Å². The van der Waals surface area contributed by atoms with E-state index in [0.717, 1.165) is 69.7 Å². The molecule has 7 heterocycles. The zero-order valence-electron chi connectivity index (χ0n) is 21.2. The highest BCUT2D eigenvalue weighted by atomic mass is 32.1. The molecule has 0 unspecified atom stereocenters. The molecule has 1 aliphatic heterocycles. The molecule has 1 amide bonds. The monoisotopic (exact) mass is 553 g/mol. The molecule has 4 N–H and O–H groups in total. The molecule has 0 spiro atoms. The van der Waals surface area contributed by atoms with Crippen LogP contribution in [0.4, 0.5) is 10.1 Å². The SMILES string of the molecule is O=C(CC1CCNCC1)Nc1cncc(-c2cc3c(-c4nc5c(-c6ccc(F)s6)cncc5[nH]4)n[nH]c3cn2)c1. The number of fused-ring (bicyclic) bond motifs is 2. The number of aromatic nitrogens is 7. The van der Waals surface area contributed by atoms with Crippen LogP contribution in [0.2, 0.25) is 0 Å². The predicted octanol–water partition coefficient (Wildman–Crippen LogP) is 5.15. The number of anilines is 1. The van der Waals surface area contributed by atoms with Crippen LogP contribution in [0.3, 0.4) is 0 Å². The number of nitrogens with zero attached hydrogens (tertiary/aromatic N) is 5. The molecule has 7 rings (SSSR count). The molecule has 0 aromatic carbocycles. The fourth-order valence-electron chi connectivity index (χ4n) is 5.15. The minimum absolute atomic E-state index is 0.00425. The summed E-state index contributed by atoms with van der Waals surface area (Å²) in [5.74, 6) is 0.953. The van der Waals surface area contributed by atoms with E-state index in [9.17, 15) is 9.18 Å². The van der Waals surface area contributed by atoms with Crippen LogP contribution in [0.1, 0.15) is 19.3 Å². The first-order valence-corrected chi connectivity index (χ1v) is 13.8. The Balaban J connectivity index is 1.19. The third-order valence-corrected chi connectivity index (χ3v) is 8.06. The van der Waals surface area contributed by atoms with Gasteiger partial charge in [-0.15, -0.1) is 11.3 Å². The zero-order chi connectivity index (χ0) is 27.1. The lowest BCUT2D eigenvalue weighted by Gasteiger charge is -2.21. The first-order valence-electron chi connectivity index (χ1n) is 13.0. The lowest BCUT2D eigenvalue weighted by Crippen LogP contribution is -2.30. The lowest BCUT2D eigenvalue weighted by atomic mass is 9.94. The van der Waals surface area contributed by atoms with Gasteiger partial charge in [-0.3, -0.25) is 24.8 Å². The summed E-state index contributed by atoms with van der Waals surface area (Å²) in [7, 11) is 0. The Hall–Kier alpha value is -4.55. The van der Waals surface area contributed by atoms with Crippen LogP contribution < -0.4 is 10.6 Å². The summed E-state index contributed by atoms with van der Waals surface area (Å²) in [4.78, 5) is 34.7.